The maximum Gasteiger partial charge on any atom is 0.0639 e. The molecule has 1 aromatic carbocycles. The van der Waals surface area contributed by atoms with Crippen LogP contribution in [0.5, 0.6) is 0 Å². The van der Waals surface area contributed by atoms with E-state index in [9.17, 15) is 0 Å². The molecule has 20 heavy (non-hydrogen) atoms. The fourth-order valence-electron chi connectivity index (χ4n) is 3.21. The SMILES string of the molecule is CC(N)(CN1CCN(c2ccccc2Cl)CC1)C1CC1. The predicted octanol–water partition coefficient (Wildman–Crippen LogP) is 2.59. The fraction of sp³-hybridized carbons (Fsp3) is 0.625. The molecule has 0 radical (unpaired) electrons. The van der Waals surface area contributed by atoms with Gasteiger partial charge in [0.25, 0.3) is 0 Å². The topological polar surface area (TPSA) is 32.5 Å². The molecular weight excluding hydrogens is 270 g/mol. The van der Waals surface area contributed by atoms with E-state index in [1.54, 1.807) is 0 Å². The van der Waals surface area contributed by atoms with Crippen LogP contribution in [-0.2, 0) is 0 Å². The van der Waals surface area contributed by atoms with Crippen molar-refractivity contribution in [1.29, 1.82) is 0 Å². The Kier molecular flexibility index (Phi) is 3.93. The molecule has 0 bridgehead atoms. The first-order valence-corrected chi connectivity index (χ1v) is 7.95. The van der Waals surface area contributed by atoms with Gasteiger partial charge in [0.15, 0.2) is 0 Å². The van der Waals surface area contributed by atoms with Gasteiger partial charge in [-0.2, -0.15) is 0 Å². The number of nitrogens with zero attached hydrogens (tertiary/aromatic N) is 2. The number of halogens is 1. The van der Waals surface area contributed by atoms with Crippen LogP contribution in [-0.4, -0.2) is 43.2 Å². The molecule has 2 N–H and O–H groups in total. The molecule has 1 heterocycles. The molecule has 110 valence electrons. The van der Waals surface area contributed by atoms with Crippen LogP contribution in [0.4, 0.5) is 5.69 Å². The number of piperazine rings is 1. The third kappa shape index (κ3) is 3.11. The van der Waals surface area contributed by atoms with E-state index in [1.165, 1.54) is 12.8 Å². The maximum absolute atomic E-state index is 6.45. The molecule has 2 aliphatic rings. The second kappa shape index (κ2) is 5.55. The van der Waals surface area contributed by atoms with Crippen molar-refractivity contribution in [2.24, 2.45) is 11.7 Å². The van der Waals surface area contributed by atoms with Crippen LogP contribution >= 0.6 is 11.6 Å². The highest BCUT2D eigenvalue weighted by atomic mass is 35.5. The largest absolute Gasteiger partial charge is 0.368 e. The lowest BCUT2D eigenvalue weighted by molar-refractivity contribution is 0.193. The molecule has 0 amide bonds. The van der Waals surface area contributed by atoms with Gasteiger partial charge < -0.3 is 10.6 Å². The average Bonchev–Trinajstić information content (AvgIpc) is 3.25. The summed E-state index contributed by atoms with van der Waals surface area (Å²) < 4.78 is 0. The molecular formula is C16H24ClN3. The summed E-state index contributed by atoms with van der Waals surface area (Å²) in [5.41, 5.74) is 7.60. The van der Waals surface area contributed by atoms with Crippen LogP contribution in [0.15, 0.2) is 24.3 Å². The molecule has 0 spiro atoms. The van der Waals surface area contributed by atoms with Crippen molar-refractivity contribution in [3.05, 3.63) is 29.3 Å². The zero-order valence-corrected chi connectivity index (χ0v) is 12.9. The smallest absolute Gasteiger partial charge is 0.0639 e. The van der Waals surface area contributed by atoms with Crippen LogP contribution in [0.2, 0.25) is 5.02 Å². The first-order valence-electron chi connectivity index (χ1n) is 7.57. The molecule has 1 saturated heterocycles. The fourth-order valence-corrected chi connectivity index (χ4v) is 3.46. The van der Waals surface area contributed by atoms with Crippen molar-refractivity contribution in [3.8, 4) is 0 Å². The molecule has 1 aromatic rings. The Morgan fingerprint density at radius 1 is 1.20 bits per heavy atom. The van der Waals surface area contributed by atoms with Gasteiger partial charge in [0.1, 0.15) is 0 Å². The molecule has 3 nitrogen and oxygen atoms in total. The number of rotatable bonds is 4. The standard InChI is InChI=1S/C16H24ClN3/c1-16(18,13-6-7-13)12-19-8-10-20(11-9-19)15-5-3-2-4-14(15)17/h2-5,13H,6-12,18H2,1H3. The normalized spacial score (nSPS) is 23.6. The molecule has 2 fully saturated rings. The second-order valence-electron chi connectivity index (χ2n) is 6.49. The average molecular weight is 294 g/mol. The van der Waals surface area contributed by atoms with E-state index in [0.717, 1.165) is 49.4 Å². The molecule has 3 rings (SSSR count). The van der Waals surface area contributed by atoms with Crippen molar-refractivity contribution in [2.75, 3.05) is 37.6 Å². The molecule has 1 aliphatic heterocycles. The van der Waals surface area contributed by atoms with Gasteiger partial charge in [-0.15, -0.1) is 0 Å². The highest BCUT2D eigenvalue weighted by molar-refractivity contribution is 6.33. The quantitative estimate of drug-likeness (QED) is 0.926. The number of anilines is 1. The minimum absolute atomic E-state index is 0.00738. The lowest BCUT2D eigenvalue weighted by Gasteiger charge is -2.40. The summed E-state index contributed by atoms with van der Waals surface area (Å²) in [4.78, 5) is 4.88. The second-order valence-corrected chi connectivity index (χ2v) is 6.90. The Morgan fingerprint density at radius 3 is 2.45 bits per heavy atom. The molecule has 4 heteroatoms. The van der Waals surface area contributed by atoms with Gasteiger partial charge in [-0.1, -0.05) is 23.7 Å². The van der Waals surface area contributed by atoms with Crippen LogP contribution in [0.3, 0.4) is 0 Å². The van der Waals surface area contributed by atoms with Crippen LogP contribution in [0.1, 0.15) is 19.8 Å². The lowest BCUT2D eigenvalue weighted by Crippen LogP contribution is -2.55. The maximum atomic E-state index is 6.45. The van der Waals surface area contributed by atoms with E-state index in [2.05, 4.69) is 28.9 Å². The highest BCUT2D eigenvalue weighted by Gasteiger charge is 2.39. The third-order valence-electron chi connectivity index (χ3n) is 4.64. The Labute approximate surface area is 126 Å². The minimum atomic E-state index is -0.00738. The van der Waals surface area contributed by atoms with Crippen LogP contribution < -0.4 is 10.6 Å². The Bertz CT molecular complexity index is 463. The Morgan fingerprint density at radius 2 is 1.85 bits per heavy atom. The summed E-state index contributed by atoms with van der Waals surface area (Å²) >= 11 is 6.27. The first-order chi connectivity index (χ1) is 9.56. The Balaban J connectivity index is 1.56. The van der Waals surface area contributed by atoms with Gasteiger partial charge in [0, 0.05) is 38.3 Å². The van der Waals surface area contributed by atoms with Gasteiger partial charge in [-0.3, -0.25) is 4.90 Å². The van der Waals surface area contributed by atoms with Gasteiger partial charge in [-0.05, 0) is 37.8 Å². The summed E-state index contributed by atoms with van der Waals surface area (Å²) in [6.45, 7) is 7.45. The summed E-state index contributed by atoms with van der Waals surface area (Å²) in [5.74, 6) is 0.740. The van der Waals surface area contributed by atoms with Crippen molar-refractivity contribution >= 4 is 17.3 Å². The van der Waals surface area contributed by atoms with Crippen molar-refractivity contribution in [1.82, 2.24) is 4.90 Å². The monoisotopic (exact) mass is 293 g/mol. The van der Waals surface area contributed by atoms with Gasteiger partial charge in [-0.25, -0.2) is 0 Å². The highest BCUT2D eigenvalue weighted by Crippen LogP contribution is 2.38. The number of para-hydroxylation sites is 1. The zero-order valence-electron chi connectivity index (χ0n) is 12.2. The van der Waals surface area contributed by atoms with E-state index in [4.69, 9.17) is 17.3 Å². The molecule has 1 aliphatic carbocycles. The van der Waals surface area contributed by atoms with E-state index in [0.29, 0.717) is 0 Å². The van der Waals surface area contributed by atoms with E-state index in [1.807, 2.05) is 12.1 Å². The molecule has 1 saturated carbocycles. The van der Waals surface area contributed by atoms with E-state index < -0.39 is 0 Å². The number of hydrogen-bond donors (Lipinski definition) is 1. The predicted molar refractivity (Wildman–Crippen MR) is 85.4 cm³/mol. The van der Waals surface area contributed by atoms with Gasteiger partial charge in [0.05, 0.1) is 10.7 Å². The van der Waals surface area contributed by atoms with Gasteiger partial charge in [0.2, 0.25) is 0 Å². The van der Waals surface area contributed by atoms with Crippen molar-refractivity contribution in [2.45, 2.75) is 25.3 Å². The summed E-state index contributed by atoms with van der Waals surface area (Å²) in [6.07, 6.45) is 2.62. The van der Waals surface area contributed by atoms with Gasteiger partial charge >= 0.3 is 0 Å². The van der Waals surface area contributed by atoms with Crippen LogP contribution in [0, 0.1) is 5.92 Å². The van der Waals surface area contributed by atoms with E-state index in [-0.39, 0.29) is 5.54 Å². The lowest BCUT2D eigenvalue weighted by atomic mass is 9.96. The minimum Gasteiger partial charge on any atom is -0.368 e. The van der Waals surface area contributed by atoms with Crippen LogP contribution in [0.25, 0.3) is 0 Å². The number of hydrogen-bond acceptors (Lipinski definition) is 3. The van der Waals surface area contributed by atoms with Crippen molar-refractivity contribution in [3.63, 3.8) is 0 Å². The number of benzene rings is 1. The molecule has 1 unspecified atom stereocenters. The first kappa shape index (κ1) is 14.2. The summed E-state index contributed by atoms with van der Waals surface area (Å²) in [6, 6.07) is 8.11. The summed E-state index contributed by atoms with van der Waals surface area (Å²) in [7, 11) is 0. The molecule has 0 aromatic heterocycles. The Hall–Kier alpha value is -0.770. The third-order valence-corrected chi connectivity index (χ3v) is 4.96. The molecule has 1 atom stereocenters. The summed E-state index contributed by atoms with van der Waals surface area (Å²) in [5, 5.41) is 0.850. The number of nitrogens with two attached hydrogens (primary N) is 1. The van der Waals surface area contributed by atoms with Crippen molar-refractivity contribution < 1.29 is 0 Å². The zero-order chi connectivity index (χ0) is 14.2. The van der Waals surface area contributed by atoms with E-state index >= 15 is 0 Å².